The molecule has 0 unspecified atom stereocenters. The van der Waals surface area contributed by atoms with E-state index in [9.17, 15) is 9.90 Å². The van der Waals surface area contributed by atoms with Gasteiger partial charge in [0.25, 0.3) is 0 Å². The van der Waals surface area contributed by atoms with Gasteiger partial charge in [0.05, 0.1) is 5.41 Å². The molecule has 2 aliphatic rings. The van der Waals surface area contributed by atoms with E-state index in [1.165, 1.54) is 6.42 Å². The zero-order chi connectivity index (χ0) is 16.3. The summed E-state index contributed by atoms with van der Waals surface area (Å²) in [5.41, 5.74) is 0.633. The summed E-state index contributed by atoms with van der Waals surface area (Å²) in [5, 5.41) is 13.1. The molecule has 0 saturated heterocycles. The van der Waals surface area contributed by atoms with Gasteiger partial charge in [-0.2, -0.15) is 0 Å². The van der Waals surface area contributed by atoms with Gasteiger partial charge in [-0.3, -0.25) is 4.79 Å². The first kappa shape index (κ1) is 16.5. The third kappa shape index (κ3) is 3.46. The van der Waals surface area contributed by atoms with E-state index in [1.54, 1.807) is 0 Å². The van der Waals surface area contributed by atoms with Gasteiger partial charge in [-0.15, -0.1) is 0 Å². The number of benzene rings is 1. The van der Waals surface area contributed by atoms with E-state index in [0.717, 1.165) is 37.7 Å². The van der Waals surface area contributed by atoms with E-state index in [-0.39, 0.29) is 24.5 Å². The Labute approximate surface area is 142 Å². The summed E-state index contributed by atoms with van der Waals surface area (Å²) in [7, 11) is 0. The molecule has 3 rings (SSSR count). The lowest BCUT2D eigenvalue weighted by Crippen LogP contribution is -2.48. The number of hydrogen-bond acceptors (Lipinski definition) is 2. The molecule has 0 aromatic heterocycles. The van der Waals surface area contributed by atoms with Crippen LogP contribution in [0.2, 0.25) is 5.02 Å². The number of halogens is 1. The third-order valence-electron chi connectivity index (χ3n) is 5.26. The minimum absolute atomic E-state index is 0.0331. The SMILES string of the molecule is O=C(N[C@@H]1C=C[C@H](CO)C1)C1(c2ccc(Cl)cc2)CCCCC1. The van der Waals surface area contributed by atoms with Gasteiger partial charge < -0.3 is 10.4 Å². The molecule has 124 valence electrons. The Balaban J connectivity index is 1.80. The summed E-state index contributed by atoms with van der Waals surface area (Å²) in [4.78, 5) is 13.1. The van der Waals surface area contributed by atoms with Gasteiger partial charge in [0.1, 0.15) is 0 Å². The molecule has 1 saturated carbocycles. The number of carbonyl (C=O) groups is 1. The van der Waals surface area contributed by atoms with Crippen LogP contribution in [0.15, 0.2) is 36.4 Å². The van der Waals surface area contributed by atoms with E-state index in [0.29, 0.717) is 5.02 Å². The predicted molar refractivity (Wildman–Crippen MR) is 92.5 cm³/mol. The molecule has 2 atom stereocenters. The Morgan fingerprint density at radius 3 is 2.48 bits per heavy atom. The quantitative estimate of drug-likeness (QED) is 0.827. The summed E-state index contributed by atoms with van der Waals surface area (Å²) in [6.45, 7) is 0.144. The molecule has 3 nitrogen and oxygen atoms in total. The van der Waals surface area contributed by atoms with Gasteiger partial charge in [-0.05, 0) is 37.0 Å². The number of carbonyl (C=O) groups excluding carboxylic acids is 1. The molecule has 2 aliphatic carbocycles. The van der Waals surface area contributed by atoms with Crippen molar-refractivity contribution in [2.24, 2.45) is 5.92 Å². The monoisotopic (exact) mass is 333 g/mol. The largest absolute Gasteiger partial charge is 0.396 e. The second-order valence-electron chi connectivity index (χ2n) is 6.79. The molecule has 0 bridgehead atoms. The van der Waals surface area contributed by atoms with Crippen molar-refractivity contribution in [1.29, 1.82) is 0 Å². The van der Waals surface area contributed by atoms with E-state index in [1.807, 2.05) is 36.4 Å². The molecule has 1 amide bonds. The molecular formula is C19H24ClNO2. The minimum atomic E-state index is -0.437. The number of aliphatic hydroxyl groups excluding tert-OH is 1. The molecule has 1 fully saturated rings. The van der Waals surface area contributed by atoms with Crippen molar-refractivity contribution in [1.82, 2.24) is 5.32 Å². The average Bonchev–Trinajstić information content (AvgIpc) is 3.03. The van der Waals surface area contributed by atoms with Crippen molar-refractivity contribution in [3.05, 3.63) is 47.0 Å². The zero-order valence-corrected chi connectivity index (χ0v) is 14.1. The molecule has 0 spiro atoms. The summed E-state index contributed by atoms with van der Waals surface area (Å²) >= 11 is 6.01. The van der Waals surface area contributed by atoms with Gasteiger partial charge in [0.2, 0.25) is 5.91 Å². The third-order valence-corrected chi connectivity index (χ3v) is 5.51. The molecule has 23 heavy (non-hydrogen) atoms. The lowest BCUT2D eigenvalue weighted by molar-refractivity contribution is -0.128. The molecule has 0 aliphatic heterocycles. The molecule has 2 N–H and O–H groups in total. The topological polar surface area (TPSA) is 49.3 Å². The van der Waals surface area contributed by atoms with Gasteiger partial charge >= 0.3 is 0 Å². The molecule has 0 radical (unpaired) electrons. The fourth-order valence-corrected chi connectivity index (χ4v) is 4.02. The van der Waals surface area contributed by atoms with Crippen LogP contribution >= 0.6 is 11.6 Å². The van der Waals surface area contributed by atoms with Crippen LogP contribution in [0.25, 0.3) is 0 Å². The van der Waals surface area contributed by atoms with Crippen LogP contribution in [-0.2, 0) is 10.2 Å². The number of amides is 1. The van der Waals surface area contributed by atoms with Crippen molar-refractivity contribution in [2.75, 3.05) is 6.61 Å². The Morgan fingerprint density at radius 2 is 1.87 bits per heavy atom. The lowest BCUT2D eigenvalue weighted by atomic mass is 9.68. The predicted octanol–water partition coefficient (Wildman–Crippen LogP) is 3.60. The van der Waals surface area contributed by atoms with Crippen molar-refractivity contribution in [2.45, 2.75) is 50.0 Å². The first-order valence-electron chi connectivity index (χ1n) is 8.50. The Bertz CT molecular complexity index is 576. The molecule has 0 heterocycles. The van der Waals surface area contributed by atoms with E-state index in [4.69, 9.17) is 11.6 Å². The lowest BCUT2D eigenvalue weighted by Gasteiger charge is -2.37. The van der Waals surface area contributed by atoms with E-state index >= 15 is 0 Å². The summed E-state index contributed by atoms with van der Waals surface area (Å²) in [6.07, 6.45) is 9.93. The zero-order valence-electron chi connectivity index (χ0n) is 13.3. The smallest absolute Gasteiger partial charge is 0.231 e. The second kappa shape index (κ2) is 7.06. The van der Waals surface area contributed by atoms with Crippen molar-refractivity contribution in [3.8, 4) is 0 Å². The van der Waals surface area contributed by atoms with Crippen LogP contribution in [-0.4, -0.2) is 23.7 Å². The fourth-order valence-electron chi connectivity index (χ4n) is 3.89. The normalized spacial score (nSPS) is 26.2. The van der Waals surface area contributed by atoms with Crippen LogP contribution in [0, 0.1) is 5.92 Å². The van der Waals surface area contributed by atoms with Crippen molar-refractivity contribution in [3.63, 3.8) is 0 Å². The highest BCUT2D eigenvalue weighted by Crippen LogP contribution is 2.40. The highest BCUT2D eigenvalue weighted by molar-refractivity contribution is 6.30. The van der Waals surface area contributed by atoms with Gasteiger partial charge in [0.15, 0.2) is 0 Å². The summed E-state index contributed by atoms with van der Waals surface area (Å²) < 4.78 is 0. The van der Waals surface area contributed by atoms with Crippen molar-refractivity contribution < 1.29 is 9.90 Å². The van der Waals surface area contributed by atoms with Gasteiger partial charge in [-0.25, -0.2) is 0 Å². The maximum Gasteiger partial charge on any atom is 0.231 e. The average molecular weight is 334 g/mol. The fraction of sp³-hybridized carbons (Fsp3) is 0.526. The number of hydrogen-bond donors (Lipinski definition) is 2. The Kier molecular flexibility index (Phi) is 5.08. The second-order valence-corrected chi connectivity index (χ2v) is 7.23. The molecule has 4 heteroatoms. The number of rotatable bonds is 4. The Hall–Kier alpha value is -1.32. The summed E-state index contributed by atoms with van der Waals surface area (Å²) in [6, 6.07) is 7.77. The maximum atomic E-state index is 13.1. The Morgan fingerprint density at radius 1 is 1.17 bits per heavy atom. The van der Waals surface area contributed by atoms with Crippen LogP contribution in [0.5, 0.6) is 0 Å². The van der Waals surface area contributed by atoms with E-state index in [2.05, 4.69) is 5.32 Å². The standard InChI is InChI=1S/C19H24ClNO2/c20-16-7-5-15(6-8-16)19(10-2-1-3-11-19)18(23)21-17-9-4-14(12-17)13-22/h4-9,14,17,22H,1-3,10-13H2,(H,21,23)/t14-,17+/m0/s1. The molecule has 1 aromatic carbocycles. The highest BCUT2D eigenvalue weighted by atomic mass is 35.5. The van der Waals surface area contributed by atoms with Crippen molar-refractivity contribution >= 4 is 17.5 Å². The highest BCUT2D eigenvalue weighted by Gasteiger charge is 2.41. The van der Waals surface area contributed by atoms with Crippen LogP contribution in [0.3, 0.4) is 0 Å². The minimum Gasteiger partial charge on any atom is -0.396 e. The van der Waals surface area contributed by atoms with Gasteiger partial charge in [-0.1, -0.05) is 55.1 Å². The summed E-state index contributed by atoms with van der Waals surface area (Å²) in [5.74, 6) is 0.283. The maximum absolute atomic E-state index is 13.1. The van der Waals surface area contributed by atoms with Crippen LogP contribution in [0.1, 0.15) is 44.1 Å². The van der Waals surface area contributed by atoms with Gasteiger partial charge in [0, 0.05) is 23.6 Å². The molecule has 1 aromatic rings. The van der Waals surface area contributed by atoms with Crippen LogP contribution < -0.4 is 5.32 Å². The van der Waals surface area contributed by atoms with Crippen LogP contribution in [0.4, 0.5) is 0 Å². The molecular weight excluding hydrogens is 310 g/mol. The van der Waals surface area contributed by atoms with E-state index < -0.39 is 5.41 Å². The first-order valence-corrected chi connectivity index (χ1v) is 8.88. The number of nitrogens with one attached hydrogen (secondary N) is 1. The first-order chi connectivity index (χ1) is 11.1. The number of aliphatic hydroxyl groups is 1.